The van der Waals surface area contributed by atoms with Gasteiger partial charge in [-0.1, -0.05) is 12.1 Å². The molecule has 0 saturated heterocycles. The van der Waals surface area contributed by atoms with Gasteiger partial charge in [0.05, 0.1) is 29.1 Å². The molecule has 1 aromatic heterocycles. The molecule has 3 heterocycles. The van der Waals surface area contributed by atoms with Crippen LogP contribution in [-0.2, 0) is 33.0 Å². The van der Waals surface area contributed by atoms with Crippen LogP contribution in [0, 0.1) is 11.6 Å². The standard InChI is InChI=1S/C27H27F5N4O5S/c1-42(39,40)14-22(37)33-24-23-20(35-36(24)16-4-6-18(28)19(29)12-16)13-26(34-25(23)38)8-2-10-41-21-11-15(3-5-17(21)26)7-9-27(30,31)32/h3-6,11-12,25,34,38H,2,7-10,13-14H2,1H3,(H,33,37)/t25?,26-/m0/s1. The minimum absolute atomic E-state index is 0.00175. The van der Waals surface area contributed by atoms with Crippen molar-refractivity contribution < 1.29 is 45.0 Å². The van der Waals surface area contributed by atoms with Crippen molar-refractivity contribution in [3.63, 3.8) is 0 Å². The van der Waals surface area contributed by atoms with Gasteiger partial charge in [-0.25, -0.2) is 21.9 Å². The third-order valence-electron chi connectivity index (χ3n) is 7.22. The van der Waals surface area contributed by atoms with Gasteiger partial charge in [0.15, 0.2) is 21.5 Å². The number of amides is 1. The SMILES string of the molecule is CS(=O)(=O)CC(=O)Nc1c2c(nn1-c1ccc(F)c(F)c1)C[C@]1(CCCOc3cc(CCC(F)(F)F)ccc31)NC2O. The third-order valence-corrected chi connectivity index (χ3v) is 8.00. The van der Waals surface area contributed by atoms with Crippen molar-refractivity contribution in [3.8, 4) is 11.4 Å². The highest BCUT2D eigenvalue weighted by molar-refractivity contribution is 7.91. The molecule has 0 radical (unpaired) electrons. The third kappa shape index (κ3) is 6.27. The average molecular weight is 615 g/mol. The number of aliphatic hydroxyl groups excluding tert-OH is 1. The van der Waals surface area contributed by atoms with Gasteiger partial charge in [0.1, 0.15) is 23.5 Å². The second kappa shape index (κ2) is 10.9. The van der Waals surface area contributed by atoms with E-state index in [1.807, 2.05) is 0 Å². The van der Waals surface area contributed by atoms with E-state index >= 15 is 0 Å². The van der Waals surface area contributed by atoms with Crippen molar-refractivity contribution in [1.82, 2.24) is 15.1 Å². The monoisotopic (exact) mass is 614 g/mol. The molecule has 3 aromatic rings. The van der Waals surface area contributed by atoms with E-state index in [1.54, 1.807) is 18.2 Å². The number of ether oxygens (including phenoxy) is 1. The summed E-state index contributed by atoms with van der Waals surface area (Å²) in [5.74, 6) is -3.90. The number of rotatable bonds is 6. The molecule has 1 spiro atoms. The number of carbonyl (C=O) groups excluding carboxylic acids is 1. The molecule has 3 N–H and O–H groups in total. The first kappa shape index (κ1) is 29.9. The minimum atomic E-state index is -4.32. The number of hydrogen-bond acceptors (Lipinski definition) is 7. The zero-order valence-corrected chi connectivity index (χ0v) is 23.1. The summed E-state index contributed by atoms with van der Waals surface area (Å²) in [6.07, 6.45) is -5.08. The molecule has 2 atom stereocenters. The number of carbonyl (C=O) groups is 1. The maximum atomic E-state index is 14.2. The van der Waals surface area contributed by atoms with Gasteiger partial charge in [-0.15, -0.1) is 0 Å². The zero-order valence-electron chi connectivity index (χ0n) is 22.3. The lowest BCUT2D eigenvalue weighted by molar-refractivity contribution is -0.134. The van der Waals surface area contributed by atoms with Crippen molar-refractivity contribution in [2.24, 2.45) is 0 Å². The fourth-order valence-corrected chi connectivity index (χ4v) is 5.99. The van der Waals surface area contributed by atoms with Gasteiger partial charge >= 0.3 is 6.18 Å². The van der Waals surface area contributed by atoms with Crippen LogP contribution in [0.3, 0.4) is 0 Å². The molecule has 2 aliphatic rings. The Balaban J connectivity index is 1.57. The molecule has 2 aromatic carbocycles. The van der Waals surface area contributed by atoms with E-state index in [0.29, 0.717) is 29.7 Å². The van der Waals surface area contributed by atoms with E-state index in [9.17, 15) is 40.3 Å². The number of aromatic nitrogens is 2. The summed E-state index contributed by atoms with van der Waals surface area (Å²) in [6, 6.07) is 7.68. The first-order valence-corrected chi connectivity index (χ1v) is 15.0. The summed E-state index contributed by atoms with van der Waals surface area (Å²) in [5.41, 5.74) is 0.403. The van der Waals surface area contributed by atoms with Crippen molar-refractivity contribution in [1.29, 1.82) is 0 Å². The van der Waals surface area contributed by atoms with E-state index in [2.05, 4.69) is 15.7 Å². The van der Waals surface area contributed by atoms with Gasteiger partial charge in [0.2, 0.25) is 5.91 Å². The number of aliphatic hydroxyl groups is 1. The zero-order chi connectivity index (χ0) is 30.4. The lowest BCUT2D eigenvalue weighted by atomic mass is 9.77. The van der Waals surface area contributed by atoms with Crippen LogP contribution in [0.5, 0.6) is 5.75 Å². The predicted molar refractivity (Wildman–Crippen MR) is 141 cm³/mol. The van der Waals surface area contributed by atoms with Crippen LogP contribution in [-0.4, -0.2) is 54.0 Å². The molecular formula is C27H27F5N4O5S. The summed E-state index contributed by atoms with van der Waals surface area (Å²) in [4.78, 5) is 12.6. The Kier molecular flexibility index (Phi) is 7.79. The molecule has 1 unspecified atom stereocenters. The molecule has 0 saturated carbocycles. The number of anilines is 1. The van der Waals surface area contributed by atoms with Crippen LogP contribution in [0.25, 0.3) is 5.69 Å². The highest BCUT2D eigenvalue weighted by Gasteiger charge is 2.45. The fourth-order valence-electron chi connectivity index (χ4n) is 5.44. The number of benzene rings is 2. The largest absolute Gasteiger partial charge is 0.493 e. The average Bonchev–Trinajstić information content (AvgIpc) is 3.14. The number of aryl methyl sites for hydroxylation is 1. The second-order valence-corrected chi connectivity index (χ2v) is 12.7. The quantitative estimate of drug-likeness (QED) is 0.361. The normalized spacial score (nSPS) is 20.4. The van der Waals surface area contributed by atoms with Crippen LogP contribution in [0.4, 0.5) is 27.8 Å². The topological polar surface area (TPSA) is 123 Å². The van der Waals surface area contributed by atoms with Gasteiger partial charge in [-0.2, -0.15) is 18.3 Å². The van der Waals surface area contributed by atoms with Crippen LogP contribution in [0.2, 0.25) is 0 Å². The van der Waals surface area contributed by atoms with Crippen LogP contribution >= 0.6 is 0 Å². The van der Waals surface area contributed by atoms with Gasteiger partial charge < -0.3 is 15.2 Å². The first-order chi connectivity index (χ1) is 19.6. The van der Waals surface area contributed by atoms with Gasteiger partial charge in [-0.3, -0.25) is 10.1 Å². The van der Waals surface area contributed by atoms with Gasteiger partial charge in [0.25, 0.3) is 0 Å². The summed E-state index contributed by atoms with van der Waals surface area (Å²) in [6.45, 7) is 0.276. The van der Waals surface area contributed by atoms with E-state index in [4.69, 9.17) is 4.74 Å². The summed E-state index contributed by atoms with van der Waals surface area (Å²) in [5, 5.41) is 21.5. The molecule has 42 heavy (non-hydrogen) atoms. The molecular weight excluding hydrogens is 587 g/mol. The van der Waals surface area contributed by atoms with Crippen molar-refractivity contribution in [3.05, 3.63) is 70.4 Å². The van der Waals surface area contributed by atoms with Crippen LogP contribution in [0.15, 0.2) is 36.4 Å². The number of fused-ring (bicyclic) bond motifs is 3. The number of hydrogen-bond donors (Lipinski definition) is 3. The Morgan fingerprint density at radius 1 is 1.21 bits per heavy atom. The van der Waals surface area contributed by atoms with Crippen molar-refractivity contribution in [2.45, 2.75) is 50.0 Å². The first-order valence-electron chi connectivity index (χ1n) is 13.0. The van der Waals surface area contributed by atoms with E-state index in [-0.39, 0.29) is 42.2 Å². The minimum Gasteiger partial charge on any atom is -0.493 e. The Hall–Kier alpha value is -3.56. The van der Waals surface area contributed by atoms with E-state index in [1.165, 1.54) is 6.07 Å². The molecule has 226 valence electrons. The Labute approximate surface area is 237 Å². The Morgan fingerprint density at radius 2 is 1.98 bits per heavy atom. The van der Waals surface area contributed by atoms with Crippen LogP contribution in [0.1, 0.15) is 47.9 Å². The number of nitrogens with one attached hydrogen (secondary N) is 2. The summed E-state index contributed by atoms with van der Waals surface area (Å²) < 4.78 is 96.7. The highest BCUT2D eigenvalue weighted by Crippen LogP contribution is 2.46. The molecule has 0 bridgehead atoms. The number of halogens is 5. The van der Waals surface area contributed by atoms with Gasteiger partial charge in [-0.05, 0) is 43.0 Å². The van der Waals surface area contributed by atoms with Crippen molar-refractivity contribution >= 4 is 21.6 Å². The molecule has 0 aliphatic carbocycles. The maximum Gasteiger partial charge on any atom is 0.389 e. The van der Waals surface area contributed by atoms with Crippen molar-refractivity contribution in [2.75, 3.05) is 23.9 Å². The Bertz CT molecular complexity index is 1640. The van der Waals surface area contributed by atoms with Crippen LogP contribution < -0.4 is 15.4 Å². The molecule has 2 aliphatic heterocycles. The molecule has 9 nitrogen and oxygen atoms in total. The predicted octanol–water partition coefficient (Wildman–Crippen LogP) is 3.83. The van der Waals surface area contributed by atoms with E-state index < -0.39 is 57.5 Å². The Morgan fingerprint density at radius 3 is 2.67 bits per heavy atom. The molecule has 15 heteroatoms. The lowest BCUT2D eigenvalue weighted by Gasteiger charge is -2.40. The number of nitrogens with zero attached hydrogens (tertiary/aromatic N) is 2. The summed E-state index contributed by atoms with van der Waals surface area (Å²) in [7, 11) is -3.73. The fraction of sp³-hybridized carbons (Fsp3) is 0.407. The smallest absolute Gasteiger partial charge is 0.389 e. The number of alkyl halides is 3. The lowest BCUT2D eigenvalue weighted by Crippen LogP contribution is -2.49. The molecule has 5 rings (SSSR count). The molecule has 1 amide bonds. The maximum absolute atomic E-state index is 14.2. The number of sulfone groups is 1. The molecule has 0 fully saturated rings. The summed E-state index contributed by atoms with van der Waals surface area (Å²) >= 11 is 0. The van der Waals surface area contributed by atoms with E-state index in [0.717, 1.165) is 23.1 Å². The highest BCUT2D eigenvalue weighted by atomic mass is 32.2. The second-order valence-electron chi connectivity index (χ2n) is 10.5. The van der Waals surface area contributed by atoms with Gasteiger partial charge in [0, 0.05) is 30.7 Å².